The van der Waals surface area contributed by atoms with Crippen LogP contribution in [0.25, 0.3) is 0 Å². The number of anilines is 2. The van der Waals surface area contributed by atoms with Crippen LogP contribution in [-0.2, 0) is 6.42 Å². The lowest BCUT2D eigenvalue weighted by atomic mass is 9.98. The lowest BCUT2D eigenvalue weighted by Gasteiger charge is -2.30. The van der Waals surface area contributed by atoms with Gasteiger partial charge in [0.2, 0.25) is 0 Å². The van der Waals surface area contributed by atoms with Crippen molar-refractivity contribution in [3.8, 4) is 0 Å². The van der Waals surface area contributed by atoms with Gasteiger partial charge in [0.1, 0.15) is 0 Å². The Labute approximate surface area is 129 Å². The van der Waals surface area contributed by atoms with Gasteiger partial charge in [0.15, 0.2) is 0 Å². The Morgan fingerprint density at radius 1 is 1.29 bits per heavy atom. The summed E-state index contributed by atoms with van der Waals surface area (Å²) in [6.07, 6.45) is 1.84. The molecule has 108 valence electrons. The van der Waals surface area contributed by atoms with E-state index in [0.29, 0.717) is 17.1 Å². The maximum Gasteiger partial charge on any atom is 0.258 e. The number of rotatable bonds is 1. The van der Waals surface area contributed by atoms with Gasteiger partial charge in [0, 0.05) is 28.5 Å². The summed E-state index contributed by atoms with van der Waals surface area (Å²) in [4.78, 5) is 14.7. The molecule has 0 aromatic heterocycles. The van der Waals surface area contributed by atoms with Gasteiger partial charge >= 0.3 is 0 Å². The van der Waals surface area contributed by atoms with Gasteiger partial charge in [-0.2, -0.15) is 0 Å². The third-order valence-corrected chi connectivity index (χ3v) is 4.20. The molecule has 1 heterocycles. The first-order chi connectivity index (χ1) is 10.1. The van der Waals surface area contributed by atoms with E-state index in [2.05, 4.69) is 0 Å². The van der Waals surface area contributed by atoms with E-state index in [0.717, 1.165) is 35.3 Å². The van der Waals surface area contributed by atoms with Crippen molar-refractivity contribution in [3.63, 3.8) is 0 Å². The molecule has 2 aromatic carbocycles. The second-order valence-corrected chi connectivity index (χ2v) is 5.80. The van der Waals surface area contributed by atoms with E-state index in [1.807, 2.05) is 36.1 Å². The predicted octanol–water partition coefficient (Wildman–Crippen LogP) is 3.82. The first-order valence-corrected chi connectivity index (χ1v) is 7.41. The molecular weight excluding hydrogens is 284 g/mol. The van der Waals surface area contributed by atoms with Gasteiger partial charge in [-0.25, -0.2) is 0 Å². The predicted molar refractivity (Wildman–Crippen MR) is 87.0 cm³/mol. The van der Waals surface area contributed by atoms with Gasteiger partial charge in [-0.1, -0.05) is 23.7 Å². The van der Waals surface area contributed by atoms with Crippen molar-refractivity contribution in [1.82, 2.24) is 0 Å². The lowest BCUT2D eigenvalue weighted by Crippen LogP contribution is -2.36. The minimum Gasteiger partial charge on any atom is -0.398 e. The van der Waals surface area contributed by atoms with Crippen LogP contribution in [0.3, 0.4) is 0 Å². The summed E-state index contributed by atoms with van der Waals surface area (Å²) in [6, 6.07) is 11.2. The highest BCUT2D eigenvalue weighted by molar-refractivity contribution is 6.31. The number of fused-ring (bicyclic) bond motifs is 1. The van der Waals surface area contributed by atoms with Crippen molar-refractivity contribution in [2.45, 2.75) is 19.8 Å². The number of aryl methyl sites for hydroxylation is 1. The van der Waals surface area contributed by atoms with Crippen LogP contribution < -0.4 is 10.6 Å². The largest absolute Gasteiger partial charge is 0.398 e. The Morgan fingerprint density at radius 3 is 2.90 bits per heavy atom. The molecule has 0 fully saturated rings. The highest BCUT2D eigenvalue weighted by Crippen LogP contribution is 2.32. The number of amides is 1. The first kappa shape index (κ1) is 14.0. The van der Waals surface area contributed by atoms with E-state index in [4.69, 9.17) is 17.3 Å². The fraction of sp³-hybridized carbons (Fsp3) is 0.235. The molecule has 1 aliphatic rings. The molecule has 21 heavy (non-hydrogen) atoms. The molecule has 3 rings (SSSR count). The maximum atomic E-state index is 12.9. The quantitative estimate of drug-likeness (QED) is 0.814. The maximum absolute atomic E-state index is 12.9. The van der Waals surface area contributed by atoms with Crippen LogP contribution in [0.2, 0.25) is 5.02 Å². The van der Waals surface area contributed by atoms with E-state index in [1.54, 1.807) is 12.1 Å². The SMILES string of the molecule is Cc1ccc(Cl)cc1C(=O)N1CCCc2c(N)cccc21. The van der Waals surface area contributed by atoms with Crippen LogP contribution in [-0.4, -0.2) is 12.5 Å². The molecule has 2 aromatic rings. The second-order valence-electron chi connectivity index (χ2n) is 5.36. The number of nitrogens with zero attached hydrogens (tertiary/aromatic N) is 1. The Bertz CT molecular complexity index is 712. The second kappa shape index (κ2) is 5.41. The molecule has 0 saturated carbocycles. The monoisotopic (exact) mass is 300 g/mol. The van der Waals surface area contributed by atoms with E-state index in [9.17, 15) is 4.79 Å². The topological polar surface area (TPSA) is 46.3 Å². The molecule has 2 N–H and O–H groups in total. The minimum atomic E-state index is -0.0125. The van der Waals surface area contributed by atoms with E-state index < -0.39 is 0 Å². The minimum absolute atomic E-state index is 0.0125. The van der Waals surface area contributed by atoms with Crippen LogP contribution in [0.15, 0.2) is 36.4 Å². The molecule has 0 bridgehead atoms. The Morgan fingerprint density at radius 2 is 2.10 bits per heavy atom. The molecule has 0 saturated heterocycles. The van der Waals surface area contributed by atoms with Crippen molar-refractivity contribution >= 4 is 28.9 Å². The molecule has 0 unspecified atom stereocenters. The average Bonchev–Trinajstić information content (AvgIpc) is 2.49. The van der Waals surface area contributed by atoms with Crippen molar-refractivity contribution in [2.75, 3.05) is 17.2 Å². The Balaban J connectivity index is 2.04. The summed E-state index contributed by atoms with van der Waals surface area (Å²) >= 11 is 6.03. The number of hydrogen-bond donors (Lipinski definition) is 1. The summed E-state index contributed by atoms with van der Waals surface area (Å²) < 4.78 is 0. The number of hydrogen-bond acceptors (Lipinski definition) is 2. The summed E-state index contributed by atoms with van der Waals surface area (Å²) in [5.41, 5.74) is 10.4. The van der Waals surface area contributed by atoms with Gasteiger partial charge < -0.3 is 10.6 Å². The smallest absolute Gasteiger partial charge is 0.258 e. The van der Waals surface area contributed by atoms with Gasteiger partial charge in [0.05, 0.1) is 0 Å². The fourth-order valence-corrected chi connectivity index (χ4v) is 3.00. The molecule has 0 spiro atoms. The molecule has 0 atom stereocenters. The number of halogens is 1. The zero-order valence-corrected chi connectivity index (χ0v) is 12.7. The van der Waals surface area contributed by atoms with E-state index in [1.165, 1.54) is 0 Å². The van der Waals surface area contributed by atoms with Crippen molar-refractivity contribution in [1.29, 1.82) is 0 Å². The molecule has 1 aliphatic heterocycles. The van der Waals surface area contributed by atoms with Crippen LogP contribution >= 0.6 is 11.6 Å². The Hall–Kier alpha value is -2.00. The molecule has 0 aliphatic carbocycles. The van der Waals surface area contributed by atoms with E-state index >= 15 is 0 Å². The van der Waals surface area contributed by atoms with Crippen LogP contribution in [0.4, 0.5) is 11.4 Å². The fourth-order valence-electron chi connectivity index (χ4n) is 2.83. The first-order valence-electron chi connectivity index (χ1n) is 7.03. The lowest BCUT2D eigenvalue weighted by molar-refractivity contribution is 0.0984. The summed E-state index contributed by atoms with van der Waals surface area (Å²) in [6.45, 7) is 2.63. The van der Waals surface area contributed by atoms with Crippen LogP contribution in [0.5, 0.6) is 0 Å². The van der Waals surface area contributed by atoms with Crippen molar-refractivity contribution in [2.24, 2.45) is 0 Å². The van der Waals surface area contributed by atoms with Gasteiger partial charge in [-0.15, -0.1) is 0 Å². The van der Waals surface area contributed by atoms with Gasteiger partial charge in [-0.3, -0.25) is 4.79 Å². The van der Waals surface area contributed by atoms with Crippen LogP contribution in [0.1, 0.15) is 27.9 Å². The number of benzene rings is 2. The van der Waals surface area contributed by atoms with Crippen LogP contribution in [0, 0.1) is 6.92 Å². The van der Waals surface area contributed by atoms with Crippen molar-refractivity contribution in [3.05, 3.63) is 58.1 Å². The Kier molecular flexibility index (Phi) is 3.60. The van der Waals surface area contributed by atoms with Crippen molar-refractivity contribution < 1.29 is 4.79 Å². The van der Waals surface area contributed by atoms with Gasteiger partial charge in [-0.05, 0) is 55.2 Å². The zero-order chi connectivity index (χ0) is 15.0. The van der Waals surface area contributed by atoms with E-state index in [-0.39, 0.29) is 5.91 Å². The standard InChI is InChI=1S/C17H17ClN2O/c1-11-7-8-12(18)10-14(11)17(21)20-9-3-4-13-15(19)5-2-6-16(13)20/h2,5-8,10H,3-4,9,19H2,1H3. The number of nitrogen functional groups attached to an aromatic ring is 1. The zero-order valence-electron chi connectivity index (χ0n) is 11.9. The number of nitrogens with two attached hydrogens (primary N) is 1. The average molecular weight is 301 g/mol. The number of carbonyl (C=O) groups excluding carboxylic acids is 1. The third kappa shape index (κ3) is 2.49. The number of carbonyl (C=O) groups is 1. The molecular formula is C17H17ClN2O. The summed E-state index contributed by atoms with van der Waals surface area (Å²) in [7, 11) is 0. The van der Waals surface area contributed by atoms with Gasteiger partial charge in [0.25, 0.3) is 5.91 Å². The third-order valence-electron chi connectivity index (χ3n) is 3.96. The normalized spacial score (nSPS) is 13.9. The molecule has 3 nitrogen and oxygen atoms in total. The molecule has 1 amide bonds. The summed E-state index contributed by atoms with van der Waals surface area (Å²) in [5, 5.41) is 0.578. The molecule has 4 heteroatoms. The highest BCUT2D eigenvalue weighted by Gasteiger charge is 2.25. The summed E-state index contributed by atoms with van der Waals surface area (Å²) in [5.74, 6) is -0.0125. The highest BCUT2D eigenvalue weighted by atomic mass is 35.5. The molecule has 0 radical (unpaired) electrons.